The lowest BCUT2D eigenvalue weighted by Crippen LogP contribution is -2.48. The Kier molecular flexibility index (Phi) is 3.79. The first-order chi connectivity index (χ1) is 8.63. The third-order valence-corrected chi connectivity index (χ3v) is 3.70. The number of hydrogen-bond acceptors (Lipinski definition) is 4. The largest absolute Gasteiger partial charge is 0.480 e. The molecule has 0 radical (unpaired) electrons. The zero-order chi connectivity index (χ0) is 13.1. The molecule has 2 heterocycles. The van der Waals surface area contributed by atoms with Crippen molar-refractivity contribution in [1.82, 2.24) is 9.97 Å². The second-order valence-corrected chi connectivity index (χ2v) is 4.81. The average molecular weight is 249 g/mol. The lowest BCUT2D eigenvalue weighted by molar-refractivity contribution is -0.139. The first-order valence-corrected chi connectivity index (χ1v) is 6.40. The summed E-state index contributed by atoms with van der Waals surface area (Å²) >= 11 is 0. The highest BCUT2D eigenvalue weighted by Crippen LogP contribution is 2.29. The molecule has 1 saturated heterocycles. The molecule has 18 heavy (non-hydrogen) atoms. The quantitative estimate of drug-likeness (QED) is 0.885. The number of carboxylic acids is 1. The van der Waals surface area contributed by atoms with Gasteiger partial charge in [0.1, 0.15) is 6.04 Å². The number of carboxylic acid groups (broad SMARTS) is 1. The first-order valence-electron chi connectivity index (χ1n) is 6.40. The van der Waals surface area contributed by atoms with E-state index in [1.54, 1.807) is 12.4 Å². The van der Waals surface area contributed by atoms with Gasteiger partial charge in [-0.1, -0.05) is 13.3 Å². The predicted octanol–water partition coefficient (Wildman–Crippen LogP) is 1.86. The summed E-state index contributed by atoms with van der Waals surface area (Å²) in [6.45, 7) is 4.73. The van der Waals surface area contributed by atoms with E-state index in [0.29, 0.717) is 18.2 Å². The highest BCUT2D eigenvalue weighted by molar-refractivity contribution is 5.78. The summed E-state index contributed by atoms with van der Waals surface area (Å²) in [4.78, 5) is 21.8. The second kappa shape index (κ2) is 5.33. The van der Waals surface area contributed by atoms with E-state index in [2.05, 4.69) is 16.9 Å². The lowest BCUT2D eigenvalue weighted by Gasteiger charge is -2.38. The van der Waals surface area contributed by atoms with Crippen molar-refractivity contribution in [1.29, 1.82) is 0 Å². The van der Waals surface area contributed by atoms with E-state index >= 15 is 0 Å². The standard InChI is InChI=1S/C13H19N3O2/c1-3-10-4-7-16(11(8-10)13(17)18)12-9(2)14-5-6-15-12/h5-6,10-11H,3-4,7-8H2,1-2H3,(H,17,18). The van der Waals surface area contributed by atoms with Gasteiger partial charge in [-0.25, -0.2) is 9.78 Å². The van der Waals surface area contributed by atoms with E-state index in [4.69, 9.17) is 0 Å². The average Bonchev–Trinajstić information content (AvgIpc) is 2.38. The summed E-state index contributed by atoms with van der Waals surface area (Å²) in [6.07, 6.45) is 6.01. The van der Waals surface area contributed by atoms with E-state index < -0.39 is 12.0 Å². The summed E-state index contributed by atoms with van der Waals surface area (Å²) in [5.74, 6) is 0.442. The van der Waals surface area contributed by atoms with E-state index in [1.165, 1.54) is 0 Å². The van der Waals surface area contributed by atoms with Gasteiger partial charge in [-0.15, -0.1) is 0 Å². The van der Waals surface area contributed by atoms with Gasteiger partial charge in [0, 0.05) is 18.9 Å². The Bertz CT molecular complexity index is 436. The van der Waals surface area contributed by atoms with Gasteiger partial charge < -0.3 is 10.0 Å². The molecule has 1 aromatic heterocycles. The summed E-state index contributed by atoms with van der Waals surface area (Å²) in [6, 6.07) is -0.473. The maximum Gasteiger partial charge on any atom is 0.326 e. The number of anilines is 1. The highest BCUT2D eigenvalue weighted by Gasteiger charge is 2.34. The zero-order valence-corrected chi connectivity index (χ0v) is 10.8. The van der Waals surface area contributed by atoms with E-state index in [1.807, 2.05) is 11.8 Å². The molecule has 0 spiro atoms. The molecule has 2 atom stereocenters. The van der Waals surface area contributed by atoms with Crippen molar-refractivity contribution in [2.75, 3.05) is 11.4 Å². The Hall–Kier alpha value is -1.65. The van der Waals surface area contributed by atoms with Gasteiger partial charge in [-0.05, 0) is 25.7 Å². The Labute approximate surface area is 107 Å². The molecule has 5 nitrogen and oxygen atoms in total. The Morgan fingerprint density at radius 3 is 2.83 bits per heavy atom. The van der Waals surface area contributed by atoms with Crippen LogP contribution in [-0.4, -0.2) is 33.6 Å². The minimum absolute atomic E-state index is 0.473. The van der Waals surface area contributed by atoms with E-state index in [0.717, 1.165) is 25.1 Å². The van der Waals surface area contributed by atoms with E-state index in [9.17, 15) is 9.90 Å². The molecule has 5 heteroatoms. The topological polar surface area (TPSA) is 66.3 Å². The summed E-state index contributed by atoms with van der Waals surface area (Å²) < 4.78 is 0. The van der Waals surface area contributed by atoms with Crippen LogP contribution in [0.1, 0.15) is 31.9 Å². The third kappa shape index (κ3) is 2.44. The van der Waals surface area contributed by atoms with Crippen LogP contribution in [0.3, 0.4) is 0 Å². The minimum atomic E-state index is -0.766. The van der Waals surface area contributed by atoms with Gasteiger partial charge in [0.2, 0.25) is 0 Å². The normalized spacial score (nSPS) is 24.0. The molecule has 0 aromatic carbocycles. The summed E-state index contributed by atoms with van der Waals surface area (Å²) in [5, 5.41) is 9.38. The first kappa shape index (κ1) is 12.8. The second-order valence-electron chi connectivity index (χ2n) is 4.81. The van der Waals surface area contributed by atoms with Crippen LogP contribution >= 0.6 is 0 Å². The van der Waals surface area contributed by atoms with Crippen LogP contribution in [0, 0.1) is 12.8 Å². The number of aliphatic carboxylic acids is 1. The molecule has 98 valence electrons. The Balaban J connectivity index is 2.26. The van der Waals surface area contributed by atoms with Crippen molar-refractivity contribution >= 4 is 11.8 Å². The molecule has 0 aliphatic carbocycles. The maximum atomic E-state index is 11.4. The van der Waals surface area contributed by atoms with Crippen molar-refractivity contribution in [3.63, 3.8) is 0 Å². The number of piperidine rings is 1. The van der Waals surface area contributed by atoms with Crippen LogP contribution in [0.25, 0.3) is 0 Å². The van der Waals surface area contributed by atoms with Crippen molar-refractivity contribution in [3.05, 3.63) is 18.1 Å². The highest BCUT2D eigenvalue weighted by atomic mass is 16.4. The number of nitrogens with zero attached hydrogens (tertiary/aromatic N) is 3. The fraction of sp³-hybridized carbons (Fsp3) is 0.615. The maximum absolute atomic E-state index is 11.4. The van der Waals surface area contributed by atoms with Crippen molar-refractivity contribution in [2.24, 2.45) is 5.92 Å². The molecule has 1 aliphatic rings. The molecule has 2 rings (SSSR count). The predicted molar refractivity (Wildman–Crippen MR) is 68.6 cm³/mol. The van der Waals surface area contributed by atoms with Crippen molar-refractivity contribution in [3.8, 4) is 0 Å². The monoisotopic (exact) mass is 249 g/mol. The number of aromatic nitrogens is 2. The van der Waals surface area contributed by atoms with E-state index in [-0.39, 0.29) is 0 Å². The molecule has 2 unspecified atom stereocenters. The Morgan fingerprint density at radius 1 is 1.50 bits per heavy atom. The zero-order valence-electron chi connectivity index (χ0n) is 10.8. The van der Waals surface area contributed by atoms with Gasteiger partial charge in [-0.3, -0.25) is 4.98 Å². The van der Waals surface area contributed by atoms with Crippen molar-refractivity contribution in [2.45, 2.75) is 39.2 Å². The summed E-state index contributed by atoms with van der Waals surface area (Å²) in [5.41, 5.74) is 0.790. The molecule has 1 aromatic rings. The van der Waals surface area contributed by atoms with Crippen LogP contribution in [0.15, 0.2) is 12.4 Å². The lowest BCUT2D eigenvalue weighted by atomic mass is 9.89. The van der Waals surface area contributed by atoms with Gasteiger partial charge in [0.15, 0.2) is 5.82 Å². The van der Waals surface area contributed by atoms with Crippen LogP contribution in [-0.2, 0) is 4.79 Å². The number of aryl methyl sites for hydroxylation is 1. The molecular formula is C13H19N3O2. The van der Waals surface area contributed by atoms with Gasteiger partial charge >= 0.3 is 5.97 Å². The molecule has 1 N–H and O–H groups in total. The SMILES string of the molecule is CCC1CCN(c2nccnc2C)C(C(=O)O)C1. The van der Waals surface area contributed by atoms with Crippen LogP contribution in [0.4, 0.5) is 5.82 Å². The fourth-order valence-corrected chi connectivity index (χ4v) is 2.58. The van der Waals surface area contributed by atoms with Crippen LogP contribution < -0.4 is 4.90 Å². The van der Waals surface area contributed by atoms with Crippen LogP contribution in [0.5, 0.6) is 0 Å². The molecule has 0 saturated carbocycles. The molecule has 0 bridgehead atoms. The Morgan fingerprint density at radius 2 is 2.22 bits per heavy atom. The number of hydrogen-bond donors (Lipinski definition) is 1. The molecular weight excluding hydrogens is 230 g/mol. The molecule has 1 aliphatic heterocycles. The number of rotatable bonds is 3. The minimum Gasteiger partial charge on any atom is -0.480 e. The summed E-state index contributed by atoms with van der Waals surface area (Å²) in [7, 11) is 0. The smallest absolute Gasteiger partial charge is 0.326 e. The third-order valence-electron chi connectivity index (χ3n) is 3.70. The molecule has 1 fully saturated rings. The molecule has 0 amide bonds. The van der Waals surface area contributed by atoms with Gasteiger partial charge in [0.25, 0.3) is 0 Å². The van der Waals surface area contributed by atoms with Gasteiger partial charge in [-0.2, -0.15) is 0 Å². The van der Waals surface area contributed by atoms with Gasteiger partial charge in [0.05, 0.1) is 5.69 Å². The number of carbonyl (C=O) groups is 1. The fourth-order valence-electron chi connectivity index (χ4n) is 2.58. The van der Waals surface area contributed by atoms with Crippen molar-refractivity contribution < 1.29 is 9.90 Å². The van der Waals surface area contributed by atoms with Crippen LogP contribution in [0.2, 0.25) is 0 Å².